The van der Waals surface area contributed by atoms with E-state index in [0.717, 1.165) is 0 Å². The van der Waals surface area contributed by atoms with E-state index in [0.29, 0.717) is 11.1 Å². The van der Waals surface area contributed by atoms with Gasteiger partial charge in [0.05, 0.1) is 11.7 Å². The third-order valence-electron chi connectivity index (χ3n) is 1.96. The molecule has 6 heteroatoms. The van der Waals surface area contributed by atoms with E-state index < -0.39 is 5.97 Å². The van der Waals surface area contributed by atoms with Gasteiger partial charge in [0.15, 0.2) is 0 Å². The standard InChI is InChI=1S/C10H10N2O4/c1-6(2)15-10(13)7-3-4-8-9(5-7)12(14)16-11-8/h3-6H,1-2H3. The van der Waals surface area contributed by atoms with Crippen molar-refractivity contribution < 1.29 is 19.1 Å². The van der Waals surface area contributed by atoms with Crippen molar-refractivity contribution in [3.8, 4) is 0 Å². The van der Waals surface area contributed by atoms with Crippen LogP contribution in [0.25, 0.3) is 11.0 Å². The first-order valence-electron chi connectivity index (χ1n) is 4.78. The number of carbonyl (C=O) groups excluding carboxylic acids is 1. The van der Waals surface area contributed by atoms with Crippen molar-refractivity contribution in [2.24, 2.45) is 0 Å². The maximum atomic E-state index is 11.5. The molecule has 0 unspecified atom stereocenters. The molecule has 1 aromatic carbocycles. The van der Waals surface area contributed by atoms with Crippen LogP contribution in [0.15, 0.2) is 22.8 Å². The molecule has 0 aliphatic carbocycles. The van der Waals surface area contributed by atoms with E-state index >= 15 is 0 Å². The minimum Gasteiger partial charge on any atom is -0.459 e. The summed E-state index contributed by atoms with van der Waals surface area (Å²) in [5.74, 6) is -0.474. The Labute approximate surface area is 90.9 Å². The Morgan fingerprint density at radius 1 is 1.56 bits per heavy atom. The van der Waals surface area contributed by atoms with Crippen LogP contribution in [0.5, 0.6) is 0 Å². The van der Waals surface area contributed by atoms with E-state index in [1.165, 1.54) is 18.2 Å². The Kier molecular flexibility index (Phi) is 2.47. The molecule has 0 atom stereocenters. The van der Waals surface area contributed by atoms with Gasteiger partial charge in [-0.25, -0.2) is 4.79 Å². The SMILES string of the molecule is CC(C)OC(=O)c1ccc2no[n+]([O-])c2c1. The second-order valence-corrected chi connectivity index (χ2v) is 3.59. The van der Waals surface area contributed by atoms with E-state index in [9.17, 15) is 10.0 Å². The van der Waals surface area contributed by atoms with Crippen molar-refractivity contribution in [3.05, 3.63) is 29.0 Å². The highest BCUT2D eigenvalue weighted by Crippen LogP contribution is 2.12. The number of nitrogens with zero attached hydrogens (tertiary/aromatic N) is 2. The number of hydrogen-bond donors (Lipinski definition) is 0. The van der Waals surface area contributed by atoms with Crippen LogP contribution in [0.2, 0.25) is 0 Å². The lowest BCUT2D eigenvalue weighted by Gasteiger charge is -2.06. The van der Waals surface area contributed by atoms with Crippen LogP contribution in [0.3, 0.4) is 0 Å². The second kappa shape index (κ2) is 3.80. The van der Waals surface area contributed by atoms with Gasteiger partial charge >= 0.3 is 5.97 Å². The van der Waals surface area contributed by atoms with E-state index in [4.69, 9.17) is 4.74 Å². The molecule has 0 saturated heterocycles. The van der Waals surface area contributed by atoms with Gasteiger partial charge in [0.2, 0.25) is 11.0 Å². The van der Waals surface area contributed by atoms with Crippen LogP contribution in [0.4, 0.5) is 0 Å². The minimum absolute atomic E-state index is 0.204. The third kappa shape index (κ3) is 1.81. The third-order valence-corrected chi connectivity index (χ3v) is 1.96. The molecule has 6 nitrogen and oxygen atoms in total. The Balaban J connectivity index is 2.38. The molecular weight excluding hydrogens is 212 g/mol. The Bertz CT molecular complexity index is 533. The summed E-state index contributed by atoms with van der Waals surface area (Å²) in [6.07, 6.45) is -0.204. The highest BCUT2D eigenvalue weighted by atomic mass is 16.8. The highest BCUT2D eigenvalue weighted by Gasteiger charge is 2.15. The number of aromatic nitrogens is 2. The van der Waals surface area contributed by atoms with Crippen molar-refractivity contribution >= 4 is 17.0 Å². The Morgan fingerprint density at radius 3 is 3.00 bits per heavy atom. The zero-order valence-corrected chi connectivity index (χ0v) is 8.84. The number of carbonyl (C=O) groups is 1. The molecule has 0 saturated carbocycles. The van der Waals surface area contributed by atoms with E-state index in [1.54, 1.807) is 13.8 Å². The van der Waals surface area contributed by atoms with Gasteiger partial charge in [-0.05, 0) is 30.9 Å². The van der Waals surface area contributed by atoms with Crippen LogP contribution in [0, 0.1) is 5.21 Å². The van der Waals surface area contributed by atoms with Gasteiger partial charge in [-0.3, -0.25) is 4.63 Å². The molecule has 2 rings (SSSR count). The molecule has 0 fully saturated rings. The number of esters is 1. The lowest BCUT2D eigenvalue weighted by molar-refractivity contribution is -0.782. The minimum atomic E-state index is -0.474. The largest absolute Gasteiger partial charge is 0.459 e. The number of fused-ring (bicyclic) bond motifs is 1. The summed E-state index contributed by atoms with van der Waals surface area (Å²) in [7, 11) is 0. The molecule has 0 N–H and O–H groups in total. The monoisotopic (exact) mass is 222 g/mol. The molecule has 0 amide bonds. The van der Waals surface area contributed by atoms with Crippen molar-refractivity contribution in [2.45, 2.75) is 20.0 Å². The Morgan fingerprint density at radius 2 is 2.31 bits per heavy atom. The quantitative estimate of drug-likeness (QED) is 0.560. The number of rotatable bonds is 2. The van der Waals surface area contributed by atoms with Crippen LogP contribution in [-0.4, -0.2) is 17.2 Å². The molecule has 0 spiro atoms. The average Bonchev–Trinajstić information content (AvgIpc) is 2.59. The summed E-state index contributed by atoms with van der Waals surface area (Å²) in [6.45, 7) is 3.51. The summed E-state index contributed by atoms with van der Waals surface area (Å²) in [5, 5.41) is 14.6. The molecule has 1 heterocycles. The topological polar surface area (TPSA) is 79.3 Å². The maximum Gasteiger partial charge on any atom is 0.338 e. The van der Waals surface area contributed by atoms with Gasteiger partial charge in [-0.2, -0.15) is 0 Å². The zero-order chi connectivity index (χ0) is 11.7. The molecule has 0 radical (unpaired) electrons. The predicted molar refractivity (Wildman–Crippen MR) is 53.5 cm³/mol. The molecule has 0 aliphatic rings. The highest BCUT2D eigenvalue weighted by molar-refractivity contribution is 5.92. The molecule has 0 aliphatic heterocycles. The Hall–Kier alpha value is -2.11. The molecular formula is C10H10N2O4. The average molecular weight is 222 g/mol. The van der Waals surface area contributed by atoms with Gasteiger partial charge in [0.25, 0.3) is 0 Å². The summed E-state index contributed by atoms with van der Waals surface area (Å²) in [6, 6.07) is 4.46. The van der Waals surface area contributed by atoms with Crippen LogP contribution < -0.4 is 4.90 Å². The summed E-state index contributed by atoms with van der Waals surface area (Å²) < 4.78 is 9.39. The van der Waals surface area contributed by atoms with Crippen LogP contribution >= 0.6 is 0 Å². The van der Waals surface area contributed by atoms with Crippen molar-refractivity contribution in [2.75, 3.05) is 0 Å². The fraction of sp³-hybridized carbons (Fsp3) is 0.300. The lowest BCUT2D eigenvalue weighted by Crippen LogP contribution is -2.23. The number of benzene rings is 1. The molecule has 16 heavy (non-hydrogen) atoms. The maximum absolute atomic E-state index is 11.5. The number of hydrogen-bond acceptors (Lipinski definition) is 5. The molecule has 84 valence electrons. The van der Waals surface area contributed by atoms with E-state index in [1.807, 2.05) is 0 Å². The van der Waals surface area contributed by atoms with Crippen LogP contribution in [-0.2, 0) is 4.74 Å². The molecule has 1 aromatic heterocycles. The van der Waals surface area contributed by atoms with Crippen molar-refractivity contribution in [1.29, 1.82) is 0 Å². The first-order valence-corrected chi connectivity index (χ1v) is 4.78. The fourth-order valence-electron chi connectivity index (χ4n) is 1.28. The number of ether oxygens (including phenoxy) is 1. The first kappa shape index (κ1) is 10.4. The summed E-state index contributed by atoms with van der Waals surface area (Å²) in [4.78, 5) is 11.8. The predicted octanol–water partition coefficient (Wildman–Crippen LogP) is 1.03. The van der Waals surface area contributed by atoms with Crippen LogP contribution in [0.1, 0.15) is 24.2 Å². The normalized spacial score (nSPS) is 10.9. The lowest BCUT2D eigenvalue weighted by atomic mass is 10.2. The van der Waals surface area contributed by atoms with E-state index in [2.05, 4.69) is 9.79 Å². The molecule has 2 aromatic rings. The summed E-state index contributed by atoms with van der Waals surface area (Å²) in [5.41, 5.74) is 0.906. The first-order chi connectivity index (χ1) is 7.58. The smallest absolute Gasteiger partial charge is 0.338 e. The van der Waals surface area contributed by atoms with Crippen molar-refractivity contribution in [1.82, 2.24) is 5.16 Å². The van der Waals surface area contributed by atoms with E-state index in [-0.39, 0.29) is 16.5 Å². The van der Waals surface area contributed by atoms with Crippen molar-refractivity contribution in [3.63, 3.8) is 0 Å². The zero-order valence-electron chi connectivity index (χ0n) is 8.84. The van der Waals surface area contributed by atoms with Gasteiger partial charge in [-0.15, -0.1) is 0 Å². The molecule has 0 bridgehead atoms. The van der Waals surface area contributed by atoms with Gasteiger partial charge in [0, 0.05) is 11.2 Å². The summed E-state index contributed by atoms with van der Waals surface area (Å²) >= 11 is 0. The van der Waals surface area contributed by atoms with Gasteiger partial charge in [0.1, 0.15) is 0 Å². The second-order valence-electron chi connectivity index (χ2n) is 3.59. The van der Waals surface area contributed by atoms with Gasteiger partial charge < -0.3 is 9.94 Å². The fourth-order valence-corrected chi connectivity index (χ4v) is 1.28. The van der Waals surface area contributed by atoms with Gasteiger partial charge in [-0.1, -0.05) is 0 Å².